The van der Waals surface area contributed by atoms with Crippen LogP contribution < -0.4 is 5.43 Å². The lowest BCUT2D eigenvalue weighted by molar-refractivity contribution is -0.125. The number of carbonyl (C=O) groups excluding carboxylic acids is 2. The van der Waals surface area contributed by atoms with Crippen molar-refractivity contribution in [2.75, 3.05) is 5.75 Å². The summed E-state index contributed by atoms with van der Waals surface area (Å²) in [5, 5.41) is 10.3. The van der Waals surface area contributed by atoms with Gasteiger partial charge in [0.25, 0.3) is 11.8 Å². The maximum atomic E-state index is 11.8. The van der Waals surface area contributed by atoms with Crippen LogP contribution in [0.4, 0.5) is 0 Å². The number of thiocarbonyl (C=S) groups is 1. The molecule has 2 amide bonds. The summed E-state index contributed by atoms with van der Waals surface area (Å²) in [7, 11) is 0. The molecule has 1 heterocycles. The number of carbonyl (C=O) groups is 2. The molecule has 1 fully saturated rings. The third kappa shape index (κ3) is 2.56. The molecule has 0 saturated carbocycles. The van der Waals surface area contributed by atoms with Crippen molar-refractivity contribution in [3.05, 3.63) is 29.8 Å². The van der Waals surface area contributed by atoms with Crippen LogP contribution in [-0.4, -0.2) is 32.0 Å². The second-order valence-electron chi connectivity index (χ2n) is 3.27. The van der Waals surface area contributed by atoms with Gasteiger partial charge in [-0.15, -0.1) is 0 Å². The quantitative estimate of drug-likeness (QED) is 0.780. The number of aromatic hydroxyl groups is 1. The number of phenolic OH excluding ortho intramolecular Hbond substituents is 1. The van der Waals surface area contributed by atoms with Crippen molar-refractivity contribution in [3.63, 3.8) is 0 Å². The fourth-order valence-electron chi connectivity index (χ4n) is 1.28. The van der Waals surface area contributed by atoms with Gasteiger partial charge in [0.05, 0.1) is 5.75 Å². The first-order valence-corrected chi connectivity index (χ1v) is 6.07. The number of nitrogens with one attached hydrogen (secondary N) is 1. The number of thioether (sulfide) groups is 1. The number of nitrogens with zero attached hydrogens (tertiary/aromatic N) is 1. The Morgan fingerprint density at radius 3 is 2.88 bits per heavy atom. The van der Waals surface area contributed by atoms with Crippen molar-refractivity contribution in [2.45, 2.75) is 0 Å². The van der Waals surface area contributed by atoms with Gasteiger partial charge in [-0.3, -0.25) is 15.0 Å². The molecule has 17 heavy (non-hydrogen) atoms. The lowest BCUT2D eigenvalue weighted by Crippen LogP contribution is -2.45. The molecule has 1 aliphatic heterocycles. The summed E-state index contributed by atoms with van der Waals surface area (Å²) >= 11 is 6.11. The highest BCUT2D eigenvalue weighted by molar-refractivity contribution is 8.23. The van der Waals surface area contributed by atoms with Gasteiger partial charge in [-0.2, -0.15) is 0 Å². The van der Waals surface area contributed by atoms with Crippen LogP contribution >= 0.6 is 24.0 Å². The number of rotatable bonds is 2. The van der Waals surface area contributed by atoms with Crippen LogP contribution in [0.25, 0.3) is 0 Å². The first-order chi connectivity index (χ1) is 8.08. The van der Waals surface area contributed by atoms with E-state index in [4.69, 9.17) is 12.2 Å². The van der Waals surface area contributed by atoms with Crippen LogP contribution in [0.3, 0.4) is 0 Å². The molecular formula is C10H8N2O3S2. The molecule has 0 radical (unpaired) electrons. The van der Waals surface area contributed by atoms with Crippen LogP contribution in [0.5, 0.6) is 5.75 Å². The predicted molar refractivity (Wildman–Crippen MR) is 67.5 cm³/mol. The first-order valence-electron chi connectivity index (χ1n) is 4.67. The minimum atomic E-state index is -0.487. The third-order valence-corrected chi connectivity index (χ3v) is 3.43. The summed E-state index contributed by atoms with van der Waals surface area (Å²) in [5.74, 6) is -0.519. The Labute approximate surface area is 107 Å². The molecule has 0 spiro atoms. The number of hydrogen-bond acceptors (Lipinski definition) is 5. The van der Waals surface area contributed by atoms with Gasteiger partial charge >= 0.3 is 0 Å². The van der Waals surface area contributed by atoms with Gasteiger partial charge in [-0.25, -0.2) is 5.01 Å². The average Bonchev–Trinajstić information content (AvgIpc) is 2.61. The van der Waals surface area contributed by atoms with E-state index in [-0.39, 0.29) is 23.0 Å². The SMILES string of the molecule is O=C(NN1C(=O)CSC1=S)c1cccc(O)c1. The molecular weight excluding hydrogens is 260 g/mol. The zero-order valence-corrected chi connectivity index (χ0v) is 10.2. The highest BCUT2D eigenvalue weighted by Gasteiger charge is 2.28. The molecule has 1 aromatic carbocycles. The molecule has 0 unspecified atom stereocenters. The second kappa shape index (κ2) is 4.72. The summed E-state index contributed by atoms with van der Waals surface area (Å²) in [4.78, 5) is 23.1. The lowest BCUT2D eigenvalue weighted by Gasteiger charge is -2.15. The normalized spacial score (nSPS) is 15.2. The monoisotopic (exact) mass is 268 g/mol. The molecule has 0 aliphatic carbocycles. The number of hydrogen-bond donors (Lipinski definition) is 2. The van der Waals surface area contributed by atoms with Gasteiger partial charge in [0.2, 0.25) is 0 Å². The van der Waals surface area contributed by atoms with E-state index in [2.05, 4.69) is 5.43 Å². The van der Waals surface area contributed by atoms with Gasteiger partial charge in [0, 0.05) is 5.56 Å². The zero-order chi connectivity index (χ0) is 12.4. The fourth-order valence-corrected chi connectivity index (χ4v) is 2.25. The lowest BCUT2D eigenvalue weighted by atomic mass is 10.2. The summed E-state index contributed by atoms with van der Waals surface area (Å²) in [6.07, 6.45) is 0. The first kappa shape index (κ1) is 11.9. The predicted octanol–water partition coefficient (Wildman–Crippen LogP) is 0.897. The molecule has 1 aromatic rings. The van der Waals surface area contributed by atoms with E-state index in [9.17, 15) is 14.7 Å². The molecule has 7 heteroatoms. The molecule has 2 rings (SSSR count). The maximum absolute atomic E-state index is 11.8. The Kier molecular flexibility index (Phi) is 3.30. The highest BCUT2D eigenvalue weighted by atomic mass is 32.2. The van der Waals surface area contributed by atoms with E-state index < -0.39 is 5.91 Å². The van der Waals surface area contributed by atoms with Crippen molar-refractivity contribution in [1.82, 2.24) is 10.4 Å². The zero-order valence-electron chi connectivity index (χ0n) is 8.54. The van der Waals surface area contributed by atoms with Crippen molar-refractivity contribution in [3.8, 4) is 5.75 Å². The molecule has 1 saturated heterocycles. The van der Waals surface area contributed by atoms with Crippen molar-refractivity contribution in [2.24, 2.45) is 0 Å². The standard InChI is InChI=1S/C10H8N2O3S2/c13-7-3-1-2-6(4-7)9(15)11-12-8(14)5-17-10(12)16/h1-4,13H,5H2,(H,11,15). The van der Waals surface area contributed by atoms with Crippen molar-refractivity contribution in [1.29, 1.82) is 0 Å². The molecule has 1 aliphatic rings. The van der Waals surface area contributed by atoms with E-state index in [1.807, 2.05) is 0 Å². The Morgan fingerprint density at radius 2 is 2.29 bits per heavy atom. The van der Waals surface area contributed by atoms with Gasteiger partial charge < -0.3 is 5.11 Å². The topological polar surface area (TPSA) is 69.6 Å². The van der Waals surface area contributed by atoms with E-state index in [1.54, 1.807) is 6.07 Å². The largest absolute Gasteiger partial charge is 0.508 e. The summed E-state index contributed by atoms with van der Waals surface area (Å²) < 4.78 is 0.323. The second-order valence-corrected chi connectivity index (χ2v) is 4.88. The molecule has 0 bridgehead atoms. The number of amides is 2. The molecule has 0 aromatic heterocycles. The molecule has 0 atom stereocenters. The van der Waals surface area contributed by atoms with Gasteiger partial charge in [-0.1, -0.05) is 30.0 Å². The minimum absolute atomic E-state index is 0.0117. The van der Waals surface area contributed by atoms with Crippen LogP contribution in [-0.2, 0) is 4.79 Å². The smallest absolute Gasteiger partial charge is 0.270 e. The number of hydrazine groups is 1. The average molecular weight is 268 g/mol. The Morgan fingerprint density at radius 1 is 1.53 bits per heavy atom. The van der Waals surface area contributed by atoms with Crippen LogP contribution in [0.1, 0.15) is 10.4 Å². The molecule has 2 N–H and O–H groups in total. The van der Waals surface area contributed by atoms with Gasteiger partial charge in [0.15, 0.2) is 4.32 Å². The highest BCUT2D eigenvalue weighted by Crippen LogP contribution is 2.18. The van der Waals surface area contributed by atoms with Gasteiger partial charge in [0.1, 0.15) is 5.75 Å². The van der Waals surface area contributed by atoms with E-state index in [1.165, 1.54) is 30.0 Å². The van der Waals surface area contributed by atoms with Crippen molar-refractivity contribution >= 4 is 40.1 Å². The van der Waals surface area contributed by atoms with Crippen LogP contribution in [0, 0.1) is 0 Å². The number of benzene rings is 1. The molecule has 88 valence electrons. The van der Waals surface area contributed by atoms with E-state index in [0.29, 0.717) is 4.32 Å². The molecule has 5 nitrogen and oxygen atoms in total. The Balaban J connectivity index is 2.12. The van der Waals surface area contributed by atoms with Crippen LogP contribution in [0.2, 0.25) is 0 Å². The van der Waals surface area contributed by atoms with E-state index >= 15 is 0 Å². The van der Waals surface area contributed by atoms with Crippen LogP contribution in [0.15, 0.2) is 24.3 Å². The Hall–Kier alpha value is -1.60. The minimum Gasteiger partial charge on any atom is -0.508 e. The van der Waals surface area contributed by atoms with Gasteiger partial charge in [-0.05, 0) is 18.2 Å². The fraction of sp³-hybridized carbons (Fsp3) is 0.100. The third-order valence-electron chi connectivity index (χ3n) is 2.07. The summed E-state index contributed by atoms with van der Waals surface area (Å²) in [6.45, 7) is 0. The maximum Gasteiger partial charge on any atom is 0.270 e. The van der Waals surface area contributed by atoms with Crippen molar-refractivity contribution < 1.29 is 14.7 Å². The summed E-state index contributed by atoms with van der Waals surface area (Å²) in [5.41, 5.74) is 2.66. The Bertz CT molecular complexity index is 488. The number of phenols is 1. The summed E-state index contributed by atoms with van der Waals surface area (Å²) in [6, 6.07) is 5.85. The van der Waals surface area contributed by atoms with E-state index in [0.717, 1.165) is 5.01 Å².